The fraction of sp³-hybridized carbons (Fsp3) is 1.00. The molecule has 1 rings (SSSR count). The first-order valence-corrected chi connectivity index (χ1v) is 2.26. The molecule has 2 nitrogen and oxygen atoms in total. The maximum atomic E-state index is 10.00. The van der Waals surface area contributed by atoms with Crippen LogP contribution in [0.5, 0.6) is 0 Å². The molecule has 0 spiro atoms. The molecule has 0 aromatic carbocycles. The third-order valence-electron chi connectivity index (χ3n) is 0.812. The molecule has 1 aliphatic carbocycles. The predicted molar refractivity (Wildman–Crippen MR) is 37.0 cm³/mol. The van der Waals surface area contributed by atoms with Gasteiger partial charge in [0.1, 0.15) is 0 Å². The van der Waals surface area contributed by atoms with Gasteiger partial charge >= 0.3 is 0 Å². The van der Waals surface area contributed by atoms with Gasteiger partial charge in [-0.2, -0.15) is 0 Å². The topological polar surface area (TPSA) is 46.2 Å². The van der Waals surface area contributed by atoms with Gasteiger partial charge in [0.25, 0.3) is 0 Å². The molecule has 3 atom stereocenters. The zero-order valence-electron chi connectivity index (χ0n) is 16.5. The highest BCUT2D eigenvalue weighted by Gasteiger charge is 2.22. The highest BCUT2D eigenvalue weighted by atomic mass is 16.3. The average Bonchev–Trinajstić information content (AvgIpc) is 2.23. The van der Waals surface area contributed by atoms with Crippen LogP contribution < -0.4 is 5.73 Å². The Morgan fingerprint density at radius 2 is 2.67 bits per heavy atom. The van der Waals surface area contributed by atoms with E-state index in [1.54, 1.807) is 0 Å². The van der Waals surface area contributed by atoms with Gasteiger partial charge in [0, 0.05) is 21.1 Å². The highest BCUT2D eigenvalue weighted by Crippen LogP contribution is 2.22. The van der Waals surface area contributed by atoms with Crippen LogP contribution in [0.25, 0.3) is 0 Å². The van der Waals surface area contributed by atoms with E-state index in [2.05, 4.69) is 0 Å². The first kappa shape index (κ1) is 1.28. The van der Waals surface area contributed by atoms with Crippen LogP contribution in [0.3, 0.4) is 0 Å². The third-order valence-corrected chi connectivity index (χ3v) is 0.812. The fourth-order valence-electron chi connectivity index (χ4n) is 0.410. The van der Waals surface area contributed by atoms with Crippen LogP contribution in [-0.4, -0.2) is 17.2 Å². The van der Waals surface area contributed by atoms with Crippen LogP contribution >= 0.6 is 0 Å². The summed E-state index contributed by atoms with van der Waals surface area (Å²) in [4.78, 5) is 0. The van der Waals surface area contributed by atoms with Gasteiger partial charge in [-0.15, -0.1) is 0 Å². The molecular weight excluding hydrogens is 114 g/mol. The van der Waals surface area contributed by atoms with E-state index in [9.17, 15) is 5.11 Å². The maximum absolute atomic E-state index is 10.00. The molecule has 1 saturated carbocycles. The summed E-state index contributed by atoms with van der Waals surface area (Å²) in [7, 11) is 0. The van der Waals surface area contributed by atoms with E-state index >= 15 is 0 Å². The summed E-state index contributed by atoms with van der Waals surface area (Å²) >= 11 is 0. The largest absolute Gasteiger partial charge is 0.393 e. The van der Waals surface area contributed by atoms with E-state index < -0.39 is 44.0 Å². The lowest BCUT2D eigenvalue weighted by Gasteiger charge is -2.28. The Hall–Kier alpha value is -0.0800. The summed E-state index contributed by atoms with van der Waals surface area (Å²) in [6, 6.07) is -3.50. The molecule has 1 fully saturated rings. The van der Waals surface area contributed by atoms with Crippen molar-refractivity contribution in [2.75, 3.05) is 0 Å². The lowest BCUT2D eigenvalue weighted by molar-refractivity contribution is 0.0708. The number of aliphatic hydroxyl groups is 1. The Morgan fingerprint density at radius 1 is 1.89 bits per heavy atom. The minimum Gasteiger partial charge on any atom is -0.393 e. The minimum atomic E-state index is -4.00. The Labute approximate surface area is 72.9 Å². The van der Waals surface area contributed by atoms with Gasteiger partial charge in [0.05, 0.1) is 7.45 Å². The van der Waals surface area contributed by atoms with Gasteiger partial charge in [-0.3, -0.25) is 0 Å². The Kier molecular flexibility index (Phi) is 0.379. The van der Waals surface area contributed by atoms with Gasteiger partial charge in [-0.1, -0.05) is 6.85 Å². The van der Waals surface area contributed by atoms with Crippen molar-refractivity contribution in [2.45, 2.75) is 38.1 Å². The summed E-state index contributed by atoms with van der Waals surface area (Å²) in [5, 5.41) is 10.00. The molecule has 0 aromatic rings. The van der Waals surface area contributed by atoms with Gasteiger partial charge < -0.3 is 10.8 Å². The van der Waals surface area contributed by atoms with E-state index in [1.807, 2.05) is 0 Å². The van der Waals surface area contributed by atoms with Crippen LogP contribution in [0.2, 0.25) is 0 Å². The fourth-order valence-corrected chi connectivity index (χ4v) is 0.410. The predicted octanol–water partition coefficient (Wildman–Crippen LogP) is 0.495. The zero-order valence-corrected chi connectivity index (χ0v) is 4.52. The second kappa shape index (κ2) is 2.67. The second-order valence-electron chi connectivity index (χ2n) is 1.51. The summed E-state index contributed by atoms with van der Waals surface area (Å²) in [6.07, 6.45) is -15.2. The highest BCUT2D eigenvalue weighted by molar-refractivity contribution is 4.78. The van der Waals surface area contributed by atoms with Crippen molar-refractivity contribution in [3.05, 3.63) is 0 Å². The monoisotopic (exact) mass is 141 g/mol. The Balaban J connectivity index is 3.93. The summed E-state index contributed by atoms with van der Waals surface area (Å²) in [6.45, 7) is -3.76. The molecule has 0 bridgehead atoms. The lowest BCUT2D eigenvalue weighted by atomic mass is 9.85. The maximum Gasteiger partial charge on any atom is 0.0604 e. The normalized spacial score (nSPS) is 107. The van der Waals surface area contributed by atoms with Crippen molar-refractivity contribution < 1.29 is 21.6 Å². The standard InChI is InChI=1S/C7H15NO/c1-5-2-3-6(8)4-7(5)9/h5-7,9H,2-4,8H2,1H3/t5-,6-,7-/m1/s1/i1D3,2D2,3D2,4D2,5D,6D,7D. The van der Waals surface area contributed by atoms with E-state index in [1.165, 1.54) is 0 Å². The van der Waals surface area contributed by atoms with Crippen molar-refractivity contribution >= 4 is 0 Å². The molecule has 54 valence electrons. The van der Waals surface area contributed by atoms with Crippen LogP contribution in [0.1, 0.15) is 42.4 Å². The molecule has 0 aliphatic heterocycles. The Bertz CT molecular complexity index is 421. The molecule has 0 heterocycles. The quantitative estimate of drug-likeness (QED) is 0.516. The molecular formula is C7H15NO. The number of hydrogen-bond donors (Lipinski definition) is 2. The summed E-state index contributed by atoms with van der Waals surface area (Å²) in [5.41, 5.74) is 5.18. The van der Waals surface area contributed by atoms with Gasteiger partial charge in [0.15, 0.2) is 0 Å². The number of nitrogens with two attached hydrogens (primary N) is 1. The molecule has 0 unspecified atom stereocenters. The zero-order chi connectivity index (χ0) is 17.5. The molecule has 2 heteroatoms. The van der Waals surface area contributed by atoms with Crippen LogP contribution in [-0.2, 0) is 0 Å². The molecule has 0 amide bonds. The van der Waals surface area contributed by atoms with Crippen molar-refractivity contribution in [3.63, 3.8) is 0 Å². The van der Waals surface area contributed by atoms with Crippen LogP contribution in [0.15, 0.2) is 0 Å². The third kappa shape index (κ3) is 1.66. The van der Waals surface area contributed by atoms with E-state index in [0.29, 0.717) is 0 Å². The van der Waals surface area contributed by atoms with E-state index in [0.717, 1.165) is 0 Å². The van der Waals surface area contributed by atoms with Crippen molar-refractivity contribution in [3.8, 4) is 0 Å². The lowest BCUT2D eigenvalue weighted by Crippen LogP contribution is -2.35. The molecule has 9 heavy (non-hydrogen) atoms. The SMILES string of the molecule is [2H]C1([2H])C([2H])([2H])[C@@]([2H])(C([2H])([2H])[2H])[C@]([2H])(O)C([2H])([2H])[C@]1([2H])N. The molecule has 0 saturated heterocycles. The summed E-state index contributed by atoms with van der Waals surface area (Å²) in [5.74, 6) is -3.91. The van der Waals surface area contributed by atoms with Crippen molar-refractivity contribution in [1.29, 1.82) is 0 Å². The van der Waals surface area contributed by atoms with E-state index in [4.69, 9.17) is 22.2 Å². The molecule has 1 aliphatic rings. The molecule has 3 N–H and O–H groups in total. The first-order valence-electron chi connectivity index (χ1n) is 8.26. The van der Waals surface area contributed by atoms with Gasteiger partial charge in [0.2, 0.25) is 0 Å². The van der Waals surface area contributed by atoms with Gasteiger partial charge in [-0.25, -0.2) is 0 Å². The van der Waals surface area contributed by atoms with Crippen LogP contribution in [0.4, 0.5) is 0 Å². The van der Waals surface area contributed by atoms with Crippen LogP contribution in [0, 0.1) is 5.89 Å². The smallest absolute Gasteiger partial charge is 0.0604 e. The second-order valence-corrected chi connectivity index (χ2v) is 1.51. The van der Waals surface area contributed by atoms with E-state index in [-0.39, 0.29) is 0 Å². The summed E-state index contributed by atoms with van der Waals surface area (Å²) < 4.78 is 90.0. The molecule has 0 aromatic heterocycles. The minimum absolute atomic E-state index is 3.50. The number of rotatable bonds is 0. The molecule has 0 radical (unpaired) electrons. The first-order chi connectivity index (χ1) is 8.75. The number of hydrogen-bond acceptors (Lipinski definition) is 2. The van der Waals surface area contributed by atoms with Crippen molar-refractivity contribution in [2.24, 2.45) is 11.6 Å². The Morgan fingerprint density at radius 3 is 3.33 bits per heavy atom. The average molecular weight is 141 g/mol. The van der Waals surface area contributed by atoms with Gasteiger partial charge in [-0.05, 0) is 25.0 Å². The van der Waals surface area contributed by atoms with Crippen molar-refractivity contribution in [1.82, 2.24) is 0 Å².